The molecule has 2 aliphatic rings. The van der Waals surface area contributed by atoms with Gasteiger partial charge in [-0.15, -0.1) is 0 Å². The Morgan fingerprint density at radius 1 is 1.30 bits per heavy atom. The summed E-state index contributed by atoms with van der Waals surface area (Å²) in [6.07, 6.45) is 7.58. The van der Waals surface area contributed by atoms with E-state index in [4.69, 9.17) is 0 Å². The van der Waals surface area contributed by atoms with Crippen molar-refractivity contribution in [2.24, 2.45) is 5.92 Å². The smallest absolute Gasteiger partial charge is 0.223 e. The summed E-state index contributed by atoms with van der Waals surface area (Å²) in [5, 5.41) is 3.34. The van der Waals surface area contributed by atoms with Crippen LogP contribution in [0.1, 0.15) is 64.5 Å². The van der Waals surface area contributed by atoms with Crippen molar-refractivity contribution in [2.75, 3.05) is 18.4 Å². The predicted molar refractivity (Wildman–Crippen MR) is 91.3 cm³/mol. The first-order valence-electron chi connectivity index (χ1n) is 8.81. The highest BCUT2D eigenvalue weighted by Gasteiger charge is 2.36. The lowest BCUT2D eigenvalue weighted by Crippen LogP contribution is -2.42. The zero-order chi connectivity index (χ0) is 16.4. The van der Waals surface area contributed by atoms with Gasteiger partial charge in [0.1, 0.15) is 0 Å². The largest absolute Gasteiger partial charge is 0.354 e. The van der Waals surface area contributed by atoms with E-state index in [9.17, 15) is 4.79 Å². The molecule has 0 bridgehead atoms. The third kappa shape index (κ3) is 3.82. The van der Waals surface area contributed by atoms with E-state index in [0.717, 1.165) is 13.1 Å². The van der Waals surface area contributed by atoms with Crippen LogP contribution in [0.3, 0.4) is 0 Å². The maximum atomic E-state index is 12.1. The molecule has 1 amide bonds. The van der Waals surface area contributed by atoms with Crippen LogP contribution in [0.25, 0.3) is 0 Å². The van der Waals surface area contributed by atoms with Crippen molar-refractivity contribution in [3.8, 4) is 0 Å². The minimum absolute atomic E-state index is 0.0925. The number of likely N-dealkylation sites (tertiary alicyclic amines) is 1. The molecule has 5 nitrogen and oxygen atoms in total. The highest BCUT2D eigenvalue weighted by Crippen LogP contribution is 2.33. The average molecular weight is 316 g/mol. The van der Waals surface area contributed by atoms with Gasteiger partial charge < -0.3 is 10.2 Å². The Morgan fingerprint density at radius 2 is 2.04 bits per heavy atom. The van der Waals surface area contributed by atoms with E-state index in [2.05, 4.69) is 36.1 Å². The van der Waals surface area contributed by atoms with Crippen LogP contribution in [0.15, 0.2) is 12.3 Å². The number of aromatic nitrogens is 2. The third-order valence-electron chi connectivity index (χ3n) is 5.01. The number of nitrogens with zero attached hydrogens (tertiary/aromatic N) is 3. The summed E-state index contributed by atoms with van der Waals surface area (Å²) in [5.74, 6) is 1.89. The first kappa shape index (κ1) is 16.2. The molecule has 1 aromatic rings. The summed E-state index contributed by atoms with van der Waals surface area (Å²) in [4.78, 5) is 23.1. The number of amides is 1. The van der Waals surface area contributed by atoms with Crippen LogP contribution in [-0.2, 0) is 4.79 Å². The molecule has 1 aliphatic carbocycles. The molecule has 1 aliphatic heterocycles. The van der Waals surface area contributed by atoms with Gasteiger partial charge in [0.05, 0.1) is 0 Å². The molecule has 1 atom stereocenters. The fraction of sp³-hybridized carbons (Fsp3) is 0.722. The molecule has 23 heavy (non-hydrogen) atoms. The average Bonchev–Trinajstić information content (AvgIpc) is 3.14. The van der Waals surface area contributed by atoms with Gasteiger partial charge in [0.25, 0.3) is 0 Å². The second-order valence-electron chi connectivity index (χ2n) is 7.91. The highest BCUT2D eigenvalue weighted by atomic mass is 16.2. The van der Waals surface area contributed by atoms with Gasteiger partial charge in [-0.3, -0.25) is 4.79 Å². The lowest BCUT2D eigenvalue weighted by atomic mass is 10.0. The summed E-state index contributed by atoms with van der Waals surface area (Å²) in [6, 6.07) is 2.04. The van der Waals surface area contributed by atoms with E-state index in [1.807, 2.05) is 17.2 Å². The molecular formula is C18H28N4O. The Bertz CT molecular complexity index is 560. The van der Waals surface area contributed by atoms with Crippen molar-refractivity contribution in [3.05, 3.63) is 18.0 Å². The standard InChI is InChI=1S/C18H28N4O/c1-18(2,3)22-12-13(10-16(22)23)11-20-17-19-9-8-15(21-17)14-6-4-5-7-14/h8-9,13-14H,4-7,10-12H2,1-3H3,(H,19,20,21)/t13-/m0/s1. The van der Waals surface area contributed by atoms with Crippen LogP contribution in [0.2, 0.25) is 0 Å². The van der Waals surface area contributed by atoms with Crippen LogP contribution in [0.4, 0.5) is 5.95 Å². The molecule has 5 heteroatoms. The van der Waals surface area contributed by atoms with Crippen LogP contribution in [0.5, 0.6) is 0 Å². The molecule has 2 fully saturated rings. The van der Waals surface area contributed by atoms with Crippen molar-refractivity contribution in [3.63, 3.8) is 0 Å². The molecule has 0 unspecified atom stereocenters. The number of carbonyl (C=O) groups is 1. The van der Waals surface area contributed by atoms with E-state index in [1.54, 1.807) is 0 Å². The second kappa shape index (κ2) is 6.46. The number of nitrogens with one attached hydrogen (secondary N) is 1. The fourth-order valence-corrected chi connectivity index (χ4v) is 3.71. The summed E-state index contributed by atoms with van der Waals surface area (Å²) in [7, 11) is 0. The Labute approximate surface area is 138 Å². The Kier molecular flexibility index (Phi) is 4.55. The van der Waals surface area contributed by atoms with Gasteiger partial charge in [-0.2, -0.15) is 0 Å². The molecular weight excluding hydrogens is 288 g/mol. The van der Waals surface area contributed by atoms with Crippen molar-refractivity contribution >= 4 is 11.9 Å². The van der Waals surface area contributed by atoms with Gasteiger partial charge in [-0.05, 0) is 39.7 Å². The Morgan fingerprint density at radius 3 is 2.70 bits per heavy atom. The number of carbonyl (C=O) groups excluding carboxylic acids is 1. The van der Waals surface area contributed by atoms with Crippen LogP contribution in [0, 0.1) is 5.92 Å². The minimum atomic E-state index is -0.0925. The summed E-state index contributed by atoms with van der Waals surface area (Å²) in [6.45, 7) is 7.85. The lowest BCUT2D eigenvalue weighted by molar-refractivity contribution is -0.131. The summed E-state index contributed by atoms with van der Waals surface area (Å²) < 4.78 is 0. The van der Waals surface area contributed by atoms with Crippen molar-refractivity contribution in [1.29, 1.82) is 0 Å². The van der Waals surface area contributed by atoms with Gasteiger partial charge in [-0.1, -0.05) is 12.8 Å². The molecule has 1 saturated heterocycles. The maximum absolute atomic E-state index is 12.1. The van der Waals surface area contributed by atoms with E-state index >= 15 is 0 Å². The lowest BCUT2D eigenvalue weighted by Gasteiger charge is -2.32. The molecule has 0 radical (unpaired) electrons. The molecule has 2 heterocycles. The van der Waals surface area contributed by atoms with Crippen molar-refractivity contribution in [1.82, 2.24) is 14.9 Å². The van der Waals surface area contributed by atoms with Crippen LogP contribution >= 0.6 is 0 Å². The first-order chi connectivity index (χ1) is 10.9. The molecule has 0 aromatic carbocycles. The molecule has 0 spiro atoms. The van der Waals surface area contributed by atoms with Crippen LogP contribution < -0.4 is 5.32 Å². The summed E-state index contributed by atoms with van der Waals surface area (Å²) >= 11 is 0. The molecule has 1 saturated carbocycles. The number of rotatable bonds is 4. The maximum Gasteiger partial charge on any atom is 0.223 e. The van der Waals surface area contributed by atoms with E-state index in [1.165, 1.54) is 31.4 Å². The van der Waals surface area contributed by atoms with E-state index in [-0.39, 0.29) is 11.4 Å². The topological polar surface area (TPSA) is 58.1 Å². The number of anilines is 1. The fourth-order valence-electron chi connectivity index (χ4n) is 3.71. The number of hydrogen-bond acceptors (Lipinski definition) is 4. The van der Waals surface area contributed by atoms with Crippen molar-refractivity contribution in [2.45, 2.75) is 64.3 Å². The van der Waals surface area contributed by atoms with Gasteiger partial charge >= 0.3 is 0 Å². The zero-order valence-electron chi connectivity index (χ0n) is 14.5. The second-order valence-corrected chi connectivity index (χ2v) is 7.91. The van der Waals surface area contributed by atoms with Crippen molar-refractivity contribution < 1.29 is 4.79 Å². The quantitative estimate of drug-likeness (QED) is 0.927. The summed E-state index contributed by atoms with van der Waals surface area (Å²) in [5.41, 5.74) is 1.07. The Hall–Kier alpha value is -1.65. The number of hydrogen-bond donors (Lipinski definition) is 1. The minimum Gasteiger partial charge on any atom is -0.354 e. The van der Waals surface area contributed by atoms with Gasteiger partial charge in [0.2, 0.25) is 11.9 Å². The van der Waals surface area contributed by atoms with Gasteiger partial charge in [0.15, 0.2) is 0 Å². The molecule has 1 aromatic heterocycles. The zero-order valence-corrected chi connectivity index (χ0v) is 14.5. The molecule has 1 N–H and O–H groups in total. The molecule has 3 rings (SSSR count). The molecule has 126 valence electrons. The van der Waals surface area contributed by atoms with Gasteiger partial charge in [0, 0.05) is 48.8 Å². The van der Waals surface area contributed by atoms with E-state index in [0.29, 0.717) is 24.2 Å². The highest BCUT2D eigenvalue weighted by molar-refractivity contribution is 5.79. The van der Waals surface area contributed by atoms with Crippen LogP contribution in [-0.4, -0.2) is 39.4 Å². The normalized spacial score (nSPS) is 22.8. The monoisotopic (exact) mass is 316 g/mol. The first-order valence-corrected chi connectivity index (χ1v) is 8.81. The van der Waals surface area contributed by atoms with Gasteiger partial charge in [-0.25, -0.2) is 9.97 Å². The third-order valence-corrected chi connectivity index (χ3v) is 5.01. The predicted octanol–water partition coefficient (Wildman–Crippen LogP) is 3.19. The SMILES string of the molecule is CC(C)(C)N1C[C@H](CNc2nccc(C3CCCC3)n2)CC1=O. The van der Waals surface area contributed by atoms with E-state index < -0.39 is 0 Å². The Balaban J connectivity index is 1.57.